The van der Waals surface area contributed by atoms with Gasteiger partial charge in [0.2, 0.25) is 11.7 Å². The van der Waals surface area contributed by atoms with Crippen LogP contribution in [0, 0.1) is 29.6 Å². The monoisotopic (exact) mass is 1160 g/mol. The number of carbonyl (C=O) groups excluding carboxylic acids is 4. The lowest BCUT2D eigenvalue weighted by atomic mass is 9.80. The summed E-state index contributed by atoms with van der Waals surface area (Å²) in [4.78, 5) is 76.5. The maximum Gasteiger partial charge on any atom is 0.329 e. The molecule has 0 unspecified atom stereocenters. The number of anilines is 1. The number of hydrogen-bond donors (Lipinski definition) is 7. The molecule has 2 amide bonds. The number of nitrogens with zero attached hydrogens (tertiary/aromatic N) is 6. The molecule has 4 aliphatic heterocycles. The molecule has 8 N–H and O–H groups in total. The first-order valence-corrected chi connectivity index (χ1v) is 29.9. The number of hydrogen-bond acceptors (Lipinski definition) is 20. The van der Waals surface area contributed by atoms with Crippen molar-refractivity contribution in [1.29, 1.82) is 0 Å². The van der Waals surface area contributed by atoms with Crippen LogP contribution in [0.5, 0.6) is 0 Å². The van der Waals surface area contributed by atoms with E-state index in [0.29, 0.717) is 69.3 Å². The molecular weight excluding hydrogens is 1070 g/mol. The Labute approximate surface area is 490 Å². The highest BCUT2D eigenvalue weighted by molar-refractivity contribution is 6.39. The summed E-state index contributed by atoms with van der Waals surface area (Å²) >= 11 is 0. The largest absolute Gasteiger partial charge is 0.459 e. The number of piperidine rings is 1. The van der Waals surface area contributed by atoms with Gasteiger partial charge >= 0.3 is 5.97 Å². The van der Waals surface area contributed by atoms with Crippen molar-refractivity contribution in [3.63, 3.8) is 0 Å². The van der Waals surface area contributed by atoms with Crippen molar-refractivity contribution in [3.8, 4) is 0 Å². The average Bonchev–Trinajstić information content (AvgIpc) is 3.65. The molecule has 3 saturated heterocycles. The van der Waals surface area contributed by atoms with Gasteiger partial charge in [0.25, 0.3) is 17.6 Å². The number of carbonyl (C=O) groups is 4. The minimum absolute atomic E-state index is 0.0236. The molecule has 6 rings (SSSR count). The Morgan fingerprint density at radius 1 is 0.855 bits per heavy atom. The number of rotatable bonds is 11. The quantitative estimate of drug-likeness (QED) is 0.0720. The number of Topliss-reactive ketones (excluding diaryl/α,β-unsaturated/α-hetero) is 1. The summed E-state index contributed by atoms with van der Waals surface area (Å²) in [6.45, 7) is 13.9. The van der Waals surface area contributed by atoms with Gasteiger partial charge in [-0.1, -0.05) is 69.3 Å². The predicted molar refractivity (Wildman–Crippen MR) is 312 cm³/mol. The highest BCUT2D eigenvalue weighted by Gasteiger charge is 2.53. The molecule has 0 aromatic carbocycles. The van der Waals surface area contributed by atoms with Crippen LogP contribution in [-0.4, -0.2) is 202 Å². The fraction of sp³-hybridized carbons (Fsp3) is 0.721. The minimum Gasteiger partial charge on any atom is -0.459 e. The number of ether oxygens (including phenoxy) is 4. The number of methoxy groups -OCH3 is 2. The molecule has 1 saturated carbocycles. The number of nitrogens with one attached hydrogen (secondary N) is 1. The van der Waals surface area contributed by atoms with Crippen molar-refractivity contribution >= 4 is 35.2 Å². The zero-order valence-electron chi connectivity index (χ0n) is 50.4. The van der Waals surface area contributed by atoms with E-state index in [9.17, 15) is 44.7 Å². The number of oxime groups is 1. The van der Waals surface area contributed by atoms with E-state index in [4.69, 9.17) is 29.5 Å². The van der Waals surface area contributed by atoms with Crippen LogP contribution >= 0.6 is 0 Å². The Hall–Kier alpha value is -5.01. The normalized spacial score (nSPS) is 35.8. The van der Waals surface area contributed by atoms with Crippen LogP contribution in [0.4, 0.5) is 5.95 Å². The molecule has 464 valence electrons. The molecular formula is C61H96N8O14. The standard InChI is InChI=1S/C61H96N8O14/c1-37-15-11-10-12-16-38(2)50(79-8)31-45-20-18-42(6)61(78,83-45)57(75)58(76)69-22-14-13-17-47(69)59(77)82-51(46(62)29-43-19-21-48(70)52(30-43)80-9)32-49(71)39(3)28-41(5)55(73)56(74)54(40(4)27-37)66-81-36-53(72)63-33-44-34-64-60(65-35-44)68-25-23-67(7)24-26-68/h10-12,15-16,28,34-35,37,39-40,42-43,45-52,55-56,70-71,73-74,78H,13-14,17-27,29-33,36,62H2,1-9H3,(H,63,72)/b12-10?,15-11+,38-16?,41-28+,66-54+/t37-,39-,40-,42-,43+,45+,46-,47+,48-,49-,50+,51+,52-,55-,56+,61-/m1/s1. The average molecular weight is 1170 g/mol. The summed E-state index contributed by atoms with van der Waals surface area (Å²) in [6, 6.07) is -2.04. The SMILES string of the molecule is CO[C@H]1C[C@@H]2CC[C@@H](C)[C@@](O)(O2)C(=O)C(=O)N2CCCC[C@H]2C(=O)O[C@H]([C@H](N)C[C@@H]2CC[C@@H](O)[C@H](OC)C2)C[C@@H](O)[C@H](C)/C=C(\C)[C@@H](O)[C@@H](O)/C(=N/OCC(=O)NCc2cnc(N3CCN(C)CC3)nc2)[C@H](C)C[C@H](C)/C=C/C=CC=C1C. The van der Waals surface area contributed by atoms with Crippen LogP contribution in [-0.2, 0) is 49.5 Å². The van der Waals surface area contributed by atoms with Crippen molar-refractivity contribution in [3.05, 3.63) is 65.6 Å². The number of cyclic esters (lactones) is 1. The molecule has 5 heterocycles. The second kappa shape index (κ2) is 31.9. The third kappa shape index (κ3) is 18.7. The van der Waals surface area contributed by atoms with Crippen LogP contribution in [0.1, 0.15) is 124 Å². The van der Waals surface area contributed by atoms with E-state index in [1.165, 1.54) is 7.11 Å². The number of amides is 2. The minimum atomic E-state index is -2.47. The number of ketones is 1. The Kier molecular flexibility index (Phi) is 25.8. The molecule has 0 radical (unpaired) electrons. The summed E-state index contributed by atoms with van der Waals surface area (Å²) in [5.74, 6) is -7.40. The van der Waals surface area contributed by atoms with Gasteiger partial charge in [0, 0.05) is 108 Å². The number of piperazine rings is 1. The lowest BCUT2D eigenvalue weighted by molar-refractivity contribution is -0.265. The summed E-state index contributed by atoms with van der Waals surface area (Å²) < 4.78 is 23.9. The van der Waals surface area contributed by atoms with E-state index >= 15 is 0 Å². The zero-order chi connectivity index (χ0) is 60.5. The molecule has 22 nitrogen and oxygen atoms in total. The fourth-order valence-electron chi connectivity index (χ4n) is 12.0. The highest BCUT2D eigenvalue weighted by Crippen LogP contribution is 2.37. The number of aromatic nitrogens is 2. The smallest absolute Gasteiger partial charge is 0.329 e. The van der Waals surface area contributed by atoms with Gasteiger partial charge in [-0.3, -0.25) is 14.4 Å². The number of aliphatic hydroxyl groups is 5. The number of esters is 1. The molecule has 1 aromatic rings. The van der Waals surface area contributed by atoms with E-state index in [0.717, 1.165) is 36.7 Å². The van der Waals surface area contributed by atoms with Crippen molar-refractivity contribution in [2.24, 2.45) is 40.5 Å². The van der Waals surface area contributed by atoms with Gasteiger partial charge in [0.05, 0.1) is 36.2 Å². The van der Waals surface area contributed by atoms with E-state index in [2.05, 4.69) is 37.3 Å². The van der Waals surface area contributed by atoms with Crippen LogP contribution < -0.4 is 16.0 Å². The van der Waals surface area contributed by atoms with E-state index in [-0.39, 0.29) is 55.5 Å². The van der Waals surface area contributed by atoms with Gasteiger partial charge in [-0.25, -0.2) is 14.8 Å². The van der Waals surface area contributed by atoms with Gasteiger partial charge in [-0.05, 0) is 108 Å². The highest BCUT2D eigenvalue weighted by atomic mass is 16.6. The summed E-state index contributed by atoms with van der Waals surface area (Å²) in [5.41, 5.74) is 8.88. The third-order valence-corrected chi connectivity index (χ3v) is 17.5. The first kappa shape index (κ1) is 67.1. The molecule has 0 spiro atoms. The van der Waals surface area contributed by atoms with Crippen LogP contribution in [0.2, 0.25) is 0 Å². The predicted octanol–water partition coefficient (Wildman–Crippen LogP) is 3.67. The van der Waals surface area contributed by atoms with Crippen molar-refractivity contribution in [2.45, 2.75) is 192 Å². The lowest BCUT2D eigenvalue weighted by Crippen LogP contribution is -2.61. The summed E-state index contributed by atoms with van der Waals surface area (Å²) in [7, 11) is 5.18. The number of allylic oxidation sites excluding steroid dienone is 5. The summed E-state index contributed by atoms with van der Waals surface area (Å²) in [6.07, 6.45) is 11.4. The molecule has 1 aromatic heterocycles. The third-order valence-electron chi connectivity index (χ3n) is 17.5. The van der Waals surface area contributed by atoms with Crippen LogP contribution in [0.25, 0.3) is 0 Å². The molecule has 2 bridgehead atoms. The van der Waals surface area contributed by atoms with Gasteiger partial charge in [0.1, 0.15) is 24.4 Å². The maximum absolute atomic E-state index is 14.5. The topological polar surface area (TPSA) is 301 Å². The molecule has 4 fully saturated rings. The van der Waals surface area contributed by atoms with Gasteiger partial charge < -0.3 is 75.1 Å². The molecule has 5 aliphatic rings. The van der Waals surface area contributed by atoms with Crippen molar-refractivity contribution in [2.75, 3.05) is 65.5 Å². The number of aliphatic hydroxyl groups excluding tert-OH is 4. The maximum atomic E-state index is 14.5. The Morgan fingerprint density at radius 2 is 1.58 bits per heavy atom. The number of nitrogens with two attached hydrogens (primary N) is 1. The lowest BCUT2D eigenvalue weighted by Gasteiger charge is -2.42. The van der Waals surface area contributed by atoms with Gasteiger partial charge in [-0.2, -0.15) is 0 Å². The molecule has 16 atom stereocenters. The number of fused-ring (bicyclic) bond motifs is 3. The molecule has 1 aliphatic carbocycles. The number of likely N-dealkylation sites (N-methyl/N-ethyl adjacent to an activating group) is 1. The van der Waals surface area contributed by atoms with Crippen molar-refractivity contribution < 1.29 is 68.5 Å². The Bertz CT molecular complexity index is 2430. The van der Waals surface area contributed by atoms with Crippen LogP contribution in [0.3, 0.4) is 0 Å². The second-order valence-electron chi connectivity index (χ2n) is 24.1. The van der Waals surface area contributed by atoms with Crippen molar-refractivity contribution in [1.82, 2.24) is 25.1 Å². The Morgan fingerprint density at radius 3 is 2.28 bits per heavy atom. The summed E-state index contributed by atoms with van der Waals surface area (Å²) in [5, 5.41) is 65.5. The Balaban J connectivity index is 1.26. The fourth-order valence-corrected chi connectivity index (χ4v) is 12.0. The first-order chi connectivity index (χ1) is 39.5. The van der Waals surface area contributed by atoms with E-state index in [1.807, 2.05) is 51.2 Å². The second-order valence-corrected chi connectivity index (χ2v) is 24.1. The van der Waals surface area contributed by atoms with E-state index < -0.39 is 115 Å². The molecule has 83 heavy (non-hydrogen) atoms. The van der Waals surface area contributed by atoms with Gasteiger partial charge in [-0.15, -0.1) is 0 Å². The molecule has 22 heteroatoms. The van der Waals surface area contributed by atoms with E-state index in [1.54, 1.807) is 46.4 Å². The first-order valence-electron chi connectivity index (χ1n) is 29.9. The zero-order valence-corrected chi connectivity index (χ0v) is 50.4. The van der Waals surface area contributed by atoms with Crippen LogP contribution in [0.15, 0.2) is 65.2 Å². The van der Waals surface area contributed by atoms with Gasteiger partial charge in [0.15, 0.2) is 6.61 Å².